The number of carbonyl (C=O) groups excluding carboxylic acids is 2. The number of pyridine rings is 2. The Hall–Kier alpha value is -3.42. The van der Waals surface area contributed by atoms with Crippen molar-refractivity contribution in [2.75, 3.05) is 13.1 Å². The molecule has 2 aromatic rings. The van der Waals surface area contributed by atoms with Gasteiger partial charge in [-0.05, 0) is 78.6 Å². The Morgan fingerprint density at radius 3 is 1.29 bits per heavy atom. The third kappa shape index (κ3) is 19.4. The highest BCUT2D eigenvalue weighted by atomic mass is 32.2. The molecule has 296 valence electrons. The number of unbranched alkanes of at least 4 members (excludes halogenated alkanes) is 2. The van der Waals surface area contributed by atoms with E-state index in [0.29, 0.717) is 12.8 Å². The molecule has 0 saturated heterocycles. The van der Waals surface area contributed by atoms with Gasteiger partial charge in [0, 0.05) is 25.5 Å². The smallest absolute Gasteiger partial charge is 0.407 e. The topological polar surface area (TPSA) is 235 Å². The summed E-state index contributed by atoms with van der Waals surface area (Å²) >= 11 is 0. The highest BCUT2D eigenvalue weighted by molar-refractivity contribution is 7.89. The summed E-state index contributed by atoms with van der Waals surface area (Å²) < 4.78 is 63.8. The molecule has 18 heteroatoms. The van der Waals surface area contributed by atoms with Gasteiger partial charge in [-0.3, -0.25) is 0 Å². The molecule has 0 spiro atoms. The lowest BCUT2D eigenvalue weighted by atomic mass is 10.0. The Morgan fingerprint density at radius 1 is 0.673 bits per heavy atom. The third-order valence-electron chi connectivity index (χ3n) is 6.86. The first-order chi connectivity index (χ1) is 24.1. The summed E-state index contributed by atoms with van der Waals surface area (Å²) in [6, 6.07) is 7.81. The van der Waals surface area contributed by atoms with E-state index in [2.05, 4.69) is 30.0 Å². The Morgan fingerprint density at radius 2 is 1.02 bits per heavy atom. The molecule has 52 heavy (non-hydrogen) atoms. The second-order valence-electron chi connectivity index (χ2n) is 14.0. The normalized spacial score (nSPS) is 14.5. The summed E-state index contributed by atoms with van der Waals surface area (Å²) in [5.41, 5.74) is -1.32. The summed E-state index contributed by atoms with van der Waals surface area (Å²) in [6.45, 7) is 13.9. The molecule has 0 aliphatic carbocycles. The first-order valence-corrected chi connectivity index (χ1v) is 20.2. The van der Waals surface area contributed by atoms with Crippen molar-refractivity contribution in [1.82, 2.24) is 30.0 Å². The maximum atomic E-state index is 12.2. The van der Waals surface area contributed by atoms with Crippen LogP contribution in [0.3, 0.4) is 0 Å². The Bertz CT molecular complexity index is 1430. The summed E-state index contributed by atoms with van der Waals surface area (Å²) in [5, 5.41) is 25.7. The van der Waals surface area contributed by atoms with Gasteiger partial charge < -0.3 is 30.3 Å². The van der Waals surface area contributed by atoms with Gasteiger partial charge in [0.05, 0.1) is 24.3 Å². The number of rotatable bonds is 18. The van der Waals surface area contributed by atoms with E-state index in [0.717, 1.165) is 25.7 Å². The minimum absolute atomic E-state index is 0.127. The van der Waals surface area contributed by atoms with E-state index in [9.17, 15) is 36.6 Å². The van der Waals surface area contributed by atoms with E-state index >= 15 is 0 Å². The molecule has 0 aliphatic rings. The number of aliphatic hydroxyl groups excluding tert-OH is 2. The van der Waals surface area contributed by atoms with Gasteiger partial charge in [0.25, 0.3) is 20.0 Å². The number of nitrogens with zero attached hydrogens (tertiary/aromatic N) is 2. The number of ether oxygens (including phenoxy) is 2. The fourth-order valence-electron chi connectivity index (χ4n) is 4.32. The van der Waals surface area contributed by atoms with Crippen molar-refractivity contribution in [2.24, 2.45) is 0 Å². The first kappa shape index (κ1) is 46.6. The second-order valence-corrected chi connectivity index (χ2v) is 17.4. The zero-order valence-electron chi connectivity index (χ0n) is 31.5. The van der Waals surface area contributed by atoms with Gasteiger partial charge in [-0.1, -0.05) is 51.7 Å². The van der Waals surface area contributed by atoms with Crippen molar-refractivity contribution in [3.8, 4) is 0 Å². The first-order valence-electron chi connectivity index (χ1n) is 17.3. The van der Waals surface area contributed by atoms with Crippen LogP contribution in [0.2, 0.25) is 0 Å². The number of aromatic nitrogens is 2. The van der Waals surface area contributed by atoms with Crippen molar-refractivity contribution < 1.29 is 46.1 Å². The molecule has 0 fully saturated rings. The van der Waals surface area contributed by atoms with Gasteiger partial charge in [0.2, 0.25) is 0 Å². The van der Waals surface area contributed by atoms with Crippen molar-refractivity contribution in [3.63, 3.8) is 0 Å². The van der Waals surface area contributed by atoms with Gasteiger partial charge in [-0.15, -0.1) is 0 Å². The molecule has 0 aliphatic heterocycles. The van der Waals surface area contributed by atoms with Crippen LogP contribution >= 0.6 is 0 Å². The molecule has 6 N–H and O–H groups in total. The van der Waals surface area contributed by atoms with Crippen LogP contribution in [-0.4, -0.2) is 97.8 Å². The van der Waals surface area contributed by atoms with Crippen LogP contribution in [0.1, 0.15) is 93.9 Å². The molecule has 0 unspecified atom stereocenters. The highest BCUT2D eigenvalue weighted by Gasteiger charge is 2.28. The van der Waals surface area contributed by atoms with Gasteiger partial charge >= 0.3 is 12.2 Å². The van der Waals surface area contributed by atoms with Gasteiger partial charge in [-0.2, -0.15) is 0 Å². The number of nitrogens with one attached hydrogen (secondary N) is 4. The monoisotopic (exact) mass is 774 g/mol. The van der Waals surface area contributed by atoms with Crippen LogP contribution in [-0.2, 0) is 29.5 Å². The highest BCUT2D eigenvalue weighted by Crippen LogP contribution is 2.13. The summed E-state index contributed by atoms with van der Waals surface area (Å²) in [6.07, 6.45) is 3.53. The Balaban J connectivity index is 0.000000520. The van der Waals surface area contributed by atoms with Crippen LogP contribution in [0, 0.1) is 0 Å². The van der Waals surface area contributed by atoms with Crippen molar-refractivity contribution in [1.29, 1.82) is 0 Å². The molecule has 2 aromatic heterocycles. The fraction of sp³-hybridized carbons (Fsp3) is 0.647. The van der Waals surface area contributed by atoms with Gasteiger partial charge in [-0.25, -0.2) is 45.8 Å². The Kier molecular flexibility index (Phi) is 19.7. The molecule has 4 atom stereocenters. The molecule has 0 radical (unpaired) electrons. The number of hydrogen-bond acceptors (Lipinski definition) is 12. The molecule has 2 rings (SSSR count). The largest absolute Gasteiger partial charge is 0.444 e. The molecule has 2 amide bonds. The quantitative estimate of drug-likeness (QED) is 0.128. The van der Waals surface area contributed by atoms with Gasteiger partial charge in [0.1, 0.15) is 11.2 Å². The second kappa shape index (κ2) is 21.9. The van der Waals surface area contributed by atoms with E-state index in [-0.39, 0.29) is 23.1 Å². The van der Waals surface area contributed by atoms with Crippen LogP contribution in [0.4, 0.5) is 9.59 Å². The predicted molar refractivity (Wildman–Crippen MR) is 196 cm³/mol. The van der Waals surface area contributed by atoms with Crippen LogP contribution in [0.15, 0.2) is 58.8 Å². The average molecular weight is 775 g/mol. The minimum atomic E-state index is -3.83. The van der Waals surface area contributed by atoms with Crippen molar-refractivity contribution in [2.45, 2.75) is 139 Å². The fourth-order valence-corrected chi connectivity index (χ4v) is 6.31. The van der Waals surface area contributed by atoms with E-state index in [1.165, 1.54) is 24.5 Å². The molecule has 0 bridgehead atoms. The lowest BCUT2D eigenvalue weighted by molar-refractivity contribution is 0.0410. The van der Waals surface area contributed by atoms with Crippen molar-refractivity contribution in [3.05, 3.63) is 48.8 Å². The number of alkyl carbamates (subject to hydrolysis) is 2. The summed E-state index contributed by atoms with van der Waals surface area (Å²) in [7, 11) is -7.66. The summed E-state index contributed by atoms with van der Waals surface area (Å²) in [5.74, 6) is 0. The standard InChI is InChI=1S/2C17H29N3O5S/c2*1-5-6-9-13(20-16(22)25-17(2,3)4)14(21)12-19-26(23,24)15-10-7-8-11-18-15/h2*7-8,10-11,13-14,19,21H,5-6,9,12H2,1-4H3,(H,20,22)/t13-,14+;13-,14-/m00/s1. The molecule has 16 nitrogen and oxygen atoms in total. The molecular formula is C34H58N6O10S2. The van der Waals surface area contributed by atoms with E-state index in [1.807, 2.05) is 13.8 Å². The maximum Gasteiger partial charge on any atom is 0.407 e. The Labute approximate surface area is 309 Å². The average Bonchev–Trinajstić information content (AvgIpc) is 3.06. The number of amides is 2. The third-order valence-corrected chi connectivity index (χ3v) is 9.54. The van der Waals surface area contributed by atoms with Crippen LogP contribution in [0.25, 0.3) is 0 Å². The molecule has 0 aromatic carbocycles. The predicted octanol–water partition coefficient (Wildman–Crippen LogP) is 3.61. The van der Waals surface area contributed by atoms with Crippen LogP contribution in [0.5, 0.6) is 0 Å². The van der Waals surface area contributed by atoms with Crippen molar-refractivity contribution >= 4 is 32.2 Å². The molecule has 2 heterocycles. The molecular weight excluding hydrogens is 717 g/mol. The lowest BCUT2D eigenvalue weighted by Gasteiger charge is -2.26. The number of aliphatic hydroxyl groups is 2. The lowest BCUT2D eigenvalue weighted by Crippen LogP contribution is -2.49. The van der Waals surface area contributed by atoms with Crippen LogP contribution < -0.4 is 20.1 Å². The SMILES string of the molecule is CCCC[C@H](NC(=O)OC(C)(C)C)[C@@H](O)CNS(=O)(=O)c1ccccn1.CCCC[C@H](NC(=O)OC(C)(C)C)[C@H](O)CNS(=O)(=O)c1ccccn1. The number of carbonyl (C=O) groups is 2. The zero-order chi connectivity index (χ0) is 39.6. The zero-order valence-corrected chi connectivity index (χ0v) is 33.1. The maximum absolute atomic E-state index is 12.2. The molecule has 0 saturated carbocycles. The number of sulfonamides is 2. The van der Waals surface area contributed by atoms with E-state index < -0.39 is 67.7 Å². The van der Waals surface area contributed by atoms with E-state index in [4.69, 9.17) is 9.47 Å². The minimum Gasteiger partial charge on any atom is -0.444 e. The van der Waals surface area contributed by atoms with E-state index in [1.54, 1.807) is 65.8 Å². The number of hydrogen-bond donors (Lipinski definition) is 6. The summed E-state index contributed by atoms with van der Waals surface area (Å²) in [4.78, 5) is 31.5. The van der Waals surface area contributed by atoms with Gasteiger partial charge in [0.15, 0.2) is 10.1 Å².